The van der Waals surface area contributed by atoms with E-state index in [9.17, 15) is 0 Å². The molecule has 1 aromatic heterocycles. The number of rotatable bonds is 2. The summed E-state index contributed by atoms with van der Waals surface area (Å²) in [7, 11) is 0. The summed E-state index contributed by atoms with van der Waals surface area (Å²) in [5.41, 5.74) is 8.48. The summed E-state index contributed by atoms with van der Waals surface area (Å²) in [5.74, 6) is 0. The van der Waals surface area contributed by atoms with Crippen LogP contribution in [0.4, 0.5) is 0 Å². The average molecular weight is 184 g/mol. The molecule has 0 unspecified atom stereocenters. The zero-order valence-electron chi connectivity index (χ0n) is 7.64. The van der Waals surface area contributed by atoms with Crippen molar-refractivity contribution in [3.8, 4) is 11.3 Å². The lowest BCUT2D eigenvalue weighted by Crippen LogP contribution is -1.95. The zero-order valence-corrected chi connectivity index (χ0v) is 7.64. The van der Waals surface area contributed by atoms with Crippen molar-refractivity contribution in [3.05, 3.63) is 48.4 Å². The summed E-state index contributed by atoms with van der Waals surface area (Å²) in [6.07, 6.45) is 5.96. The van der Waals surface area contributed by atoms with Crippen LogP contribution in [0.25, 0.3) is 11.3 Å². The van der Waals surface area contributed by atoms with Crippen LogP contribution in [0.3, 0.4) is 0 Å². The van der Waals surface area contributed by atoms with Gasteiger partial charge in [-0.05, 0) is 5.56 Å². The predicted molar refractivity (Wildman–Crippen MR) is 54.2 cm³/mol. The van der Waals surface area contributed by atoms with Crippen molar-refractivity contribution in [2.45, 2.75) is 6.54 Å². The predicted octanol–water partition coefficient (Wildman–Crippen LogP) is 1.40. The highest BCUT2D eigenvalue weighted by molar-refractivity contribution is 5.57. The fourth-order valence-electron chi connectivity index (χ4n) is 1.22. The van der Waals surface area contributed by atoms with Gasteiger partial charge in [0.05, 0.1) is 18.1 Å². The van der Waals surface area contributed by atoms with Crippen LogP contribution in [0.1, 0.15) is 5.56 Å². The summed E-state index contributed by atoms with van der Waals surface area (Å²) in [6, 6.07) is 7.95. The smallest absolute Gasteiger partial charge is 0.109 e. The van der Waals surface area contributed by atoms with Crippen LogP contribution in [0.5, 0.6) is 0 Å². The van der Waals surface area contributed by atoms with Gasteiger partial charge in [-0.1, -0.05) is 24.3 Å². The quantitative estimate of drug-likeness (QED) is 0.767. The lowest BCUT2D eigenvalue weighted by atomic mass is 10.1. The van der Waals surface area contributed by atoms with Gasteiger partial charge < -0.3 is 5.73 Å². The van der Waals surface area contributed by atoms with Gasteiger partial charge in [0.2, 0.25) is 0 Å². The molecule has 2 rings (SSSR count). The molecule has 0 saturated heterocycles. The molecule has 0 saturated carbocycles. The van der Waals surface area contributed by atoms with E-state index in [4.69, 9.17) is 5.73 Å². The first-order valence-corrected chi connectivity index (χ1v) is 4.37. The molecule has 1 radical (unpaired) electrons. The first-order valence-electron chi connectivity index (χ1n) is 4.37. The SMILES string of the molecule is NCc1ccc(-c2cnc[c]n2)cc1. The maximum absolute atomic E-state index is 5.50. The molecule has 0 aliphatic heterocycles. The zero-order chi connectivity index (χ0) is 9.80. The number of nitrogens with zero attached hydrogens (tertiary/aromatic N) is 2. The van der Waals surface area contributed by atoms with Gasteiger partial charge in [0.15, 0.2) is 0 Å². The molecule has 2 N–H and O–H groups in total. The Morgan fingerprint density at radius 1 is 1.21 bits per heavy atom. The molecule has 1 heterocycles. The molecule has 69 valence electrons. The van der Waals surface area contributed by atoms with Gasteiger partial charge in [0, 0.05) is 12.1 Å². The van der Waals surface area contributed by atoms with Crippen LogP contribution in [0.15, 0.2) is 36.7 Å². The highest BCUT2D eigenvalue weighted by Gasteiger charge is 1.97. The fourth-order valence-corrected chi connectivity index (χ4v) is 1.22. The van der Waals surface area contributed by atoms with E-state index in [1.807, 2.05) is 24.3 Å². The molecule has 1 aromatic carbocycles. The molecule has 3 heteroatoms. The Labute approximate surface area is 82.6 Å². The molecule has 0 atom stereocenters. The van der Waals surface area contributed by atoms with Crippen molar-refractivity contribution in [3.63, 3.8) is 0 Å². The van der Waals surface area contributed by atoms with Crippen LogP contribution in [0, 0.1) is 6.20 Å². The van der Waals surface area contributed by atoms with Crippen LogP contribution in [-0.4, -0.2) is 9.97 Å². The van der Waals surface area contributed by atoms with E-state index in [2.05, 4.69) is 16.2 Å². The van der Waals surface area contributed by atoms with Crippen molar-refractivity contribution in [1.29, 1.82) is 0 Å². The molecule has 0 fully saturated rings. The number of hydrogen-bond acceptors (Lipinski definition) is 3. The minimum atomic E-state index is 0.562. The van der Waals surface area contributed by atoms with Gasteiger partial charge in [-0.25, -0.2) is 4.98 Å². The molecule has 0 bridgehead atoms. The second-order valence-electron chi connectivity index (χ2n) is 2.93. The Morgan fingerprint density at radius 2 is 2.00 bits per heavy atom. The van der Waals surface area contributed by atoms with Gasteiger partial charge in [0.1, 0.15) is 6.20 Å². The summed E-state index contributed by atoms with van der Waals surface area (Å²) in [4.78, 5) is 8.05. The van der Waals surface area contributed by atoms with Crippen LogP contribution < -0.4 is 5.73 Å². The highest BCUT2D eigenvalue weighted by atomic mass is 14.8. The number of benzene rings is 1. The topological polar surface area (TPSA) is 51.8 Å². The van der Waals surface area contributed by atoms with E-state index >= 15 is 0 Å². The first kappa shape index (κ1) is 8.84. The third-order valence-electron chi connectivity index (χ3n) is 2.00. The molecule has 0 aliphatic carbocycles. The maximum Gasteiger partial charge on any atom is 0.109 e. The maximum atomic E-state index is 5.50. The Balaban J connectivity index is 2.34. The number of aromatic nitrogens is 2. The fraction of sp³-hybridized carbons (Fsp3) is 0.0909. The minimum Gasteiger partial charge on any atom is -0.326 e. The Hall–Kier alpha value is -1.74. The summed E-state index contributed by atoms with van der Waals surface area (Å²) in [5, 5.41) is 0. The van der Waals surface area contributed by atoms with E-state index in [0.717, 1.165) is 16.8 Å². The monoisotopic (exact) mass is 184 g/mol. The summed E-state index contributed by atoms with van der Waals surface area (Å²) in [6.45, 7) is 0.562. The third kappa shape index (κ3) is 1.78. The Morgan fingerprint density at radius 3 is 2.57 bits per heavy atom. The lowest BCUT2D eigenvalue weighted by molar-refractivity contribution is 1.07. The van der Waals surface area contributed by atoms with Crippen LogP contribution in [0.2, 0.25) is 0 Å². The lowest BCUT2D eigenvalue weighted by Gasteiger charge is -2.00. The van der Waals surface area contributed by atoms with Crippen molar-refractivity contribution in [2.24, 2.45) is 5.73 Å². The van der Waals surface area contributed by atoms with Crippen molar-refractivity contribution < 1.29 is 0 Å². The molecular formula is C11H10N3. The second-order valence-corrected chi connectivity index (χ2v) is 2.93. The molecule has 0 aliphatic rings. The Kier molecular flexibility index (Phi) is 2.51. The van der Waals surface area contributed by atoms with E-state index in [-0.39, 0.29) is 0 Å². The molecule has 14 heavy (non-hydrogen) atoms. The van der Waals surface area contributed by atoms with Crippen LogP contribution >= 0.6 is 0 Å². The van der Waals surface area contributed by atoms with Crippen LogP contribution in [-0.2, 0) is 6.54 Å². The van der Waals surface area contributed by atoms with E-state index in [1.54, 1.807) is 6.20 Å². The summed E-state index contributed by atoms with van der Waals surface area (Å²) >= 11 is 0. The molecular weight excluding hydrogens is 174 g/mol. The Bertz CT molecular complexity index is 395. The minimum absolute atomic E-state index is 0.562. The van der Waals surface area contributed by atoms with Crippen molar-refractivity contribution >= 4 is 0 Å². The molecule has 0 amide bonds. The molecule has 0 spiro atoms. The standard InChI is InChI=1S/C11H10N3/c12-7-9-1-3-10(4-2-9)11-8-13-5-6-14-11/h1-5,8H,7,12H2. The van der Waals surface area contributed by atoms with Gasteiger partial charge in [0.25, 0.3) is 0 Å². The highest BCUT2D eigenvalue weighted by Crippen LogP contribution is 2.15. The van der Waals surface area contributed by atoms with Gasteiger partial charge in [-0.15, -0.1) is 0 Å². The number of nitrogens with two attached hydrogens (primary N) is 1. The molecule has 3 nitrogen and oxygen atoms in total. The summed E-state index contributed by atoms with van der Waals surface area (Å²) < 4.78 is 0. The third-order valence-corrected chi connectivity index (χ3v) is 2.00. The van der Waals surface area contributed by atoms with E-state index < -0.39 is 0 Å². The van der Waals surface area contributed by atoms with Crippen molar-refractivity contribution in [2.75, 3.05) is 0 Å². The van der Waals surface area contributed by atoms with E-state index in [1.165, 1.54) is 6.20 Å². The van der Waals surface area contributed by atoms with E-state index in [0.29, 0.717) is 6.54 Å². The normalized spacial score (nSPS) is 10.1. The second kappa shape index (κ2) is 3.98. The first-order chi connectivity index (χ1) is 6.90. The largest absolute Gasteiger partial charge is 0.326 e. The number of hydrogen-bond donors (Lipinski definition) is 1. The van der Waals surface area contributed by atoms with Gasteiger partial charge >= 0.3 is 0 Å². The average Bonchev–Trinajstić information content (AvgIpc) is 2.30. The molecule has 2 aromatic rings. The van der Waals surface area contributed by atoms with Gasteiger partial charge in [-0.2, -0.15) is 0 Å². The van der Waals surface area contributed by atoms with Gasteiger partial charge in [-0.3, -0.25) is 4.98 Å². The van der Waals surface area contributed by atoms with Crippen molar-refractivity contribution in [1.82, 2.24) is 9.97 Å².